The van der Waals surface area contributed by atoms with Crippen LogP contribution in [0.1, 0.15) is 25.3 Å². The first kappa shape index (κ1) is 16.2. The van der Waals surface area contributed by atoms with E-state index >= 15 is 0 Å². The SMILES string of the molecule is CCN(CC1CCCNC1)C(=O)Cc1c(F)cccc1Cl. The minimum atomic E-state index is -0.411. The number of carbonyl (C=O) groups excluding carboxylic acids is 1. The van der Waals surface area contributed by atoms with Crippen molar-refractivity contribution in [1.29, 1.82) is 0 Å². The van der Waals surface area contributed by atoms with Crippen LogP contribution in [0.5, 0.6) is 0 Å². The van der Waals surface area contributed by atoms with E-state index in [1.165, 1.54) is 6.07 Å². The summed E-state index contributed by atoms with van der Waals surface area (Å²) in [5.41, 5.74) is 0.296. The Balaban J connectivity index is 1.99. The molecule has 0 aliphatic carbocycles. The summed E-state index contributed by atoms with van der Waals surface area (Å²) in [7, 11) is 0. The minimum absolute atomic E-state index is 0.0273. The van der Waals surface area contributed by atoms with E-state index < -0.39 is 5.82 Å². The Morgan fingerprint density at radius 2 is 2.33 bits per heavy atom. The summed E-state index contributed by atoms with van der Waals surface area (Å²) >= 11 is 5.99. The maximum absolute atomic E-state index is 13.8. The quantitative estimate of drug-likeness (QED) is 0.906. The van der Waals surface area contributed by atoms with E-state index in [4.69, 9.17) is 11.6 Å². The second-order valence-electron chi connectivity index (χ2n) is 5.52. The summed E-state index contributed by atoms with van der Waals surface area (Å²) in [6.07, 6.45) is 2.31. The fraction of sp³-hybridized carbons (Fsp3) is 0.562. The van der Waals surface area contributed by atoms with Gasteiger partial charge in [0.15, 0.2) is 0 Å². The van der Waals surface area contributed by atoms with Crippen LogP contribution >= 0.6 is 11.6 Å². The summed E-state index contributed by atoms with van der Waals surface area (Å²) < 4.78 is 13.8. The van der Waals surface area contributed by atoms with Crippen molar-refractivity contribution in [2.75, 3.05) is 26.2 Å². The van der Waals surface area contributed by atoms with E-state index in [0.717, 1.165) is 32.5 Å². The molecule has 0 spiro atoms. The molecule has 116 valence electrons. The molecule has 1 aromatic rings. The van der Waals surface area contributed by atoms with Crippen LogP contribution in [0, 0.1) is 11.7 Å². The Kier molecular flexibility index (Phi) is 6.00. The molecule has 1 atom stereocenters. The van der Waals surface area contributed by atoms with Crippen LogP contribution in [0.25, 0.3) is 0 Å². The van der Waals surface area contributed by atoms with Crippen LogP contribution in [-0.2, 0) is 11.2 Å². The number of hydrogen-bond donors (Lipinski definition) is 1. The molecule has 1 saturated heterocycles. The topological polar surface area (TPSA) is 32.3 Å². The highest BCUT2D eigenvalue weighted by molar-refractivity contribution is 6.31. The second kappa shape index (κ2) is 7.76. The molecule has 1 aromatic carbocycles. The molecular formula is C16H22ClFN2O. The van der Waals surface area contributed by atoms with Gasteiger partial charge in [0.2, 0.25) is 5.91 Å². The second-order valence-corrected chi connectivity index (χ2v) is 5.93. The zero-order chi connectivity index (χ0) is 15.2. The molecule has 2 rings (SSSR count). The first-order valence-corrected chi connectivity index (χ1v) is 7.91. The third-order valence-electron chi connectivity index (χ3n) is 4.00. The summed E-state index contributed by atoms with van der Waals surface area (Å²) in [6, 6.07) is 4.52. The highest BCUT2D eigenvalue weighted by Gasteiger charge is 2.21. The van der Waals surface area contributed by atoms with Gasteiger partial charge in [0.05, 0.1) is 6.42 Å². The molecule has 1 aliphatic heterocycles. The van der Waals surface area contributed by atoms with Crippen LogP contribution < -0.4 is 5.32 Å². The first-order valence-electron chi connectivity index (χ1n) is 7.53. The van der Waals surface area contributed by atoms with Crippen molar-refractivity contribution in [3.8, 4) is 0 Å². The number of hydrogen-bond acceptors (Lipinski definition) is 2. The van der Waals surface area contributed by atoms with Gasteiger partial charge in [-0.15, -0.1) is 0 Å². The molecule has 0 aromatic heterocycles. The first-order chi connectivity index (χ1) is 10.1. The molecule has 1 N–H and O–H groups in total. The molecule has 0 saturated carbocycles. The number of halogens is 2. The van der Waals surface area contributed by atoms with Gasteiger partial charge in [-0.1, -0.05) is 17.7 Å². The normalized spacial score (nSPS) is 18.5. The average molecular weight is 313 g/mol. The van der Waals surface area contributed by atoms with E-state index in [2.05, 4.69) is 5.32 Å². The summed E-state index contributed by atoms with van der Waals surface area (Å²) in [4.78, 5) is 14.2. The summed E-state index contributed by atoms with van der Waals surface area (Å²) in [6.45, 7) is 5.33. The molecule has 1 fully saturated rings. The lowest BCUT2D eigenvalue weighted by Crippen LogP contribution is -2.41. The standard InChI is InChI=1S/C16H22ClFN2O/c1-2-20(11-12-5-4-8-19-10-12)16(21)9-13-14(17)6-3-7-15(13)18/h3,6-7,12,19H,2,4-5,8-11H2,1H3. The van der Waals surface area contributed by atoms with Gasteiger partial charge in [-0.25, -0.2) is 4.39 Å². The van der Waals surface area contributed by atoms with Gasteiger partial charge in [0, 0.05) is 23.7 Å². The maximum atomic E-state index is 13.8. The molecule has 3 nitrogen and oxygen atoms in total. The number of piperidine rings is 1. The van der Waals surface area contributed by atoms with Crippen LogP contribution in [0.2, 0.25) is 5.02 Å². The molecule has 1 amide bonds. The number of carbonyl (C=O) groups is 1. The van der Waals surface area contributed by atoms with E-state index in [0.29, 0.717) is 23.0 Å². The number of likely N-dealkylation sites (N-methyl/N-ethyl adjacent to an activating group) is 1. The van der Waals surface area contributed by atoms with Crippen molar-refractivity contribution in [2.24, 2.45) is 5.92 Å². The van der Waals surface area contributed by atoms with Gasteiger partial charge < -0.3 is 10.2 Å². The van der Waals surface area contributed by atoms with Crippen molar-refractivity contribution >= 4 is 17.5 Å². The van der Waals surface area contributed by atoms with Crippen molar-refractivity contribution in [3.05, 3.63) is 34.6 Å². The van der Waals surface area contributed by atoms with Crippen LogP contribution in [0.15, 0.2) is 18.2 Å². The largest absolute Gasteiger partial charge is 0.342 e. The van der Waals surface area contributed by atoms with Gasteiger partial charge in [0.25, 0.3) is 0 Å². The minimum Gasteiger partial charge on any atom is -0.342 e. The third kappa shape index (κ3) is 4.42. The Morgan fingerprint density at radius 3 is 2.95 bits per heavy atom. The van der Waals surface area contributed by atoms with Crippen molar-refractivity contribution in [1.82, 2.24) is 10.2 Å². The predicted molar refractivity (Wildman–Crippen MR) is 83.0 cm³/mol. The fourth-order valence-electron chi connectivity index (χ4n) is 2.76. The van der Waals surface area contributed by atoms with Crippen LogP contribution in [0.3, 0.4) is 0 Å². The highest BCUT2D eigenvalue weighted by atomic mass is 35.5. The molecular weight excluding hydrogens is 291 g/mol. The van der Waals surface area contributed by atoms with Crippen LogP contribution in [0.4, 0.5) is 4.39 Å². The Bertz CT molecular complexity index is 469. The predicted octanol–water partition coefficient (Wildman–Crippen LogP) is 2.87. The van der Waals surface area contributed by atoms with Crippen molar-refractivity contribution in [2.45, 2.75) is 26.2 Å². The van der Waals surface area contributed by atoms with Gasteiger partial charge in [-0.2, -0.15) is 0 Å². The Hall–Kier alpha value is -1.13. The molecule has 1 unspecified atom stereocenters. The van der Waals surface area contributed by atoms with Gasteiger partial charge in [-0.3, -0.25) is 4.79 Å². The molecule has 1 heterocycles. The number of benzene rings is 1. The Labute approximate surface area is 130 Å². The van der Waals surface area contributed by atoms with Crippen LogP contribution in [-0.4, -0.2) is 37.0 Å². The number of nitrogens with one attached hydrogen (secondary N) is 1. The molecule has 0 bridgehead atoms. The smallest absolute Gasteiger partial charge is 0.227 e. The average Bonchev–Trinajstić information content (AvgIpc) is 2.49. The molecule has 21 heavy (non-hydrogen) atoms. The highest BCUT2D eigenvalue weighted by Crippen LogP contribution is 2.20. The van der Waals surface area contributed by atoms with Crippen molar-refractivity contribution in [3.63, 3.8) is 0 Å². The monoisotopic (exact) mass is 312 g/mol. The van der Waals surface area contributed by atoms with Gasteiger partial charge in [-0.05, 0) is 50.9 Å². The number of nitrogens with zero attached hydrogens (tertiary/aromatic N) is 1. The van der Waals surface area contributed by atoms with Gasteiger partial charge >= 0.3 is 0 Å². The maximum Gasteiger partial charge on any atom is 0.227 e. The van der Waals surface area contributed by atoms with E-state index in [-0.39, 0.29) is 12.3 Å². The molecule has 0 radical (unpaired) electrons. The Morgan fingerprint density at radius 1 is 1.52 bits per heavy atom. The van der Waals surface area contributed by atoms with Gasteiger partial charge in [0.1, 0.15) is 5.82 Å². The molecule has 5 heteroatoms. The van der Waals surface area contributed by atoms with E-state index in [9.17, 15) is 9.18 Å². The summed E-state index contributed by atoms with van der Waals surface area (Å²) in [5, 5.41) is 3.67. The lowest BCUT2D eigenvalue weighted by atomic mass is 9.98. The third-order valence-corrected chi connectivity index (χ3v) is 4.36. The fourth-order valence-corrected chi connectivity index (χ4v) is 2.99. The zero-order valence-electron chi connectivity index (χ0n) is 12.4. The van der Waals surface area contributed by atoms with E-state index in [1.54, 1.807) is 17.0 Å². The number of rotatable bonds is 5. The lowest BCUT2D eigenvalue weighted by Gasteiger charge is -2.29. The van der Waals surface area contributed by atoms with Crippen molar-refractivity contribution < 1.29 is 9.18 Å². The summed E-state index contributed by atoms with van der Waals surface area (Å²) in [5.74, 6) is 0.0139. The lowest BCUT2D eigenvalue weighted by molar-refractivity contribution is -0.131. The zero-order valence-corrected chi connectivity index (χ0v) is 13.1. The van der Waals surface area contributed by atoms with E-state index in [1.807, 2.05) is 6.92 Å². The number of amides is 1. The molecule has 1 aliphatic rings.